The van der Waals surface area contributed by atoms with Gasteiger partial charge in [0.1, 0.15) is 5.75 Å². The lowest BCUT2D eigenvalue weighted by Gasteiger charge is -2.43. The van der Waals surface area contributed by atoms with Crippen LogP contribution in [0.2, 0.25) is 0 Å². The first-order valence-electron chi connectivity index (χ1n) is 9.40. The highest BCUT2D eigenvalue weighted by Gasteiger charge is 2.38. The van der Waals surface area contributed by atoms with Crippen molar-refractivity contribution in [3.63, 3.8) is 0 Å². The van der Waals surface area contributed by atoms with E-state index in [9.17, 15) is 0 Å². The molecule has 6 heteroatoms. The summed E-state index contributed by atoms with van der Waals surface area (Å²) >= 11 is 0. The average Bonchev–Trinajstić information content (AvgIpc) is 3.16. The standard InChI is InChI=1S/C20H27N3O3/c1-24-18-4-2-15(3-5-18)19-16(14-22-23-19)13-21-17-6-9-26-20(12-17)7-10-25-11-8-20/h2-5,14,17,21H,6-13H2,1H3,(H,22,23). The Labute approximate surface area is 154 Å². The van der Waals surface area contributed by atoms with Crippen molar-refractivity contribution in [2.45, 2.75) is 43.9 Å². The molecule has 1 aromatic heterocycles. The van der Waals surface area contributed by atoms with E-state index in [0.29, 0.717) is 6.04 Å². The van der Waals surface area contributed by atoms with Gasteiger partial charge >= 0.3 is 0 Å². The van der Waals surface area contributed by atoms with Crippen molar-refractivity contribution < 1.29 is 14.2 Å². The lowest BCUT2D eigenvalue weighted by molar-refractivity contribution is -0.140. The third-order valence-corrected chi connectivity index (χ3v) is 5.57. The Bertz CT molecular complexity index is 702. The van der Waals surface area contributed by atoms with Crippen LogP contribution in [0.5, 0.6) is 5.75 Å². The fourth-order valence-electron chi connectivity index (χ4n) is 4.00. The Morgan fingerprint density at radius 3 is 2.81 bits per heavy atom. The van der Waals surface area contributed by atoms with Crippen LogP contribution >= 0.6 is 0 Å². The highest BCUT2D eigenvalue weighted by Crippen LogP contribution is 2.34. The summed E-state index contributed by atoms with van der Waals surface area (Å²) in [7, 11) is 1.68. The maximum Gasteiger partial charge on any atom is 0.118 e. The van der Waals surface area contributed by atoms with Gasteiger partial charge in [-0.15, -0.1) is 0 Å². The summed E-state index contributed by atoms with van der Waals surface area (Å²) in [6, 6.07) is 8.53. The summed E-state index contributed by atoms with van der Waals surface area (Å²) in [6.07, 6.45) is 6.04. The fraction of sp³-hybridized carbons (Fsp3) is 0.550. The first-order valence-corrected chi connectivity index (χ1v) is 9.40. The summed E-state index contributed by atoms with van der Waals surface area (Å²) in [6.45, 7) is 3.26. The zero-order valence-electron chi connectivity index (χ0n) is 15.3. The molecule has 0 aliphatic carbocycles. The molecule has 2 aliphatic rings. The number of methoxy groups -OCH3 is 1. The van der Waals surface area contributed by atoms with Crippen LogP contribution in [0.25, 0.3) is 11.3 Å². The molecule has 0 radical (unpaired) electrons. The summed E-state index contributed by atoms with van der Waals surface area (Å²) in [5.41, 5.74) is 3.38. The highest BCUT2D eigenvalue weighted by atomic mass is 16.5. The number of rotatable bonds is 5. The van der Waals surface area contributed by atoms with Gasteiger partial charge < -0.3 is 19.5 Å². The van der Waals surface area contributed by atoms with E-state index in [-0.39, 0.29) is 5.60 Å². The molecule has 1 unspecified atom stereocenters. The molecule has 2 aromatic rings. The zero-order valence-corrected chi connectivity index (χ0v) is 15.3. The van der Waals surface area contributed by atoms with Gasteiger partial charge in [-0.2, -0.15) is 5.10 Å². The van der Waals surface area contributed by atoms with Crippen LogP contribution < -0.4 is 10.1 Å². The van der Waals surface area contributed by atoms with E-state index in [1.807, 2.05) is 18.3 Å². The van der Waals surface area contributed by atoms with Crippen molar-refractivity contribution >= 4 is 0 Å². The van der Waals surface area contributed by atoms with E-state index in [0.717, 1.165) is 69.1 Å². The Balaban J connectivity index is 1.40. The second kappa shape index (κ2) is 7.78. The lowest BCUT2D eigenvalue weighted by Crippen LogP contribution is -2.49. The van der Waals surface area contributed by atoms with Gasteiger partial charge in [-0.05, 0) is 49.9 Å². The Morgan fingerprint density at radius 2 is 2.04 bits per heavy atom. The number of nitrogens with one attached hydrogen (secondary N) is 2. The summed E-state index contributed by atoms with van der Waals surface area (Å²) in [4.78, 5) is 0. The van der Waals surface area contributed by atoms with E-state index in [4.69, 9.17) is 14.2 Å². The average molecular weight is 357 g/mol. The molecule has 1 aromatic carbocycles. The molecule has 140 valence electrons. The number of ether oxygens (including phenoxy) is 3. The van der Waals surface area contributed by atoms with Gasteiger partial charge in [0.25, 0.3) is 0 Å². The predicted octanol–water partition coefficient (Wildman–Crippen LogP) is 2.90. The van der Waals surface area contributed by atoms with Crippen molar-refractivity contribution in [1.29, 1.82) is 0 Å². The van der Waals surface area contributed by atoms with Crippen molar-refractivity contribution in [1.82, 2.24) is 15.5 Å². The smallest absolute Gasteiger partial charge is 0.118 e. The molecule has 26 heavy (non-hydrogen) atoms. The molecule has 2 fully saturated rings. The largest absolute Gasteiger partial charge is 0.497 e. The van der Waals surface area contributed by atoms with Gasteiger partial charge in [0.15, 0.2) is 0 Å². The normalized spacial score (nSPS) is 22.4. The molecular formula is C20H27N3O3. The Hall–Kier alpha value is -1.89. The van der Waals surface area contributed by atoms with Crippen LogP contribution in [0.3, 0.4) is 0 Å². The molecule has 0 amide bonds. The minimum atomic E-state index is 0.0172. The molecular weight excluding hydrogens is 330 g/mol. The maximum atomic E-state index is 6.14. The van der Waals surface area contributed by atoms with Gasteiger partial charge in [0.05, 0.1) is 24.6 Å². The van der Waals surface area contributed by atoms with Crippen LogP contribution in [0.15, 0.2) is 30.5 Å². The summed E-state index contributed by atoms with van der Waals surface area (Å²) in [5, 5.41) is 11.1. The van der Waals surface area contributed by atoms with E-state index in [1.54, 1.807) is 7.11 Å². The number of aromatic nitrogens is 2. The molecule has 2 N–H and O–H groups in total. The van der Waals surface area contributed by atoms with Gasteiger partial charge in [0, 0.05) is 43.5 Å². The van der Waals surface area contributed by atoms with E-state index < -0.39 is 0 Å². The second-order valence-corrected chi connectivity index (χ2v) is 7.21. The maximum absolute atomic E-state index is 6.14. The SMILES string of the molecule is COc1ccc(-c2[nH]ncc2CNC2CCOC3(CCOCC3)C2)cc1. The molecule has 1 atom stereocenters. The Morgan fingerprint density at radius 1 is 1.23 bits per heavy atom. The molecule has 2 saturated heterocycles. The number of nitrogens with zero attached hydrogens (tertiary/aromatic N) is 1. The number of H-pyrrole nitrogens is 1. The topological polar surface area (TPSA) is 68.4 Å². The molecule has 4 rings (SSSR count). The summed E-state index contributed by atoms with van der Waals surface area (Å²) in [5.74, 6) is 0.858. The number of hydrogen-bond donors (Lipinski definition) is 2. The Kier molecular flexibility index (Phi) is 5.24. The van der Waals surface area contributed by atoms with Gasteiger partial charge in [-0.3, -0.25) is 5.10 Å². The van der Waals surface area contributed by atoms with E-state index in [2.05, 4.69) is 27.6 Å². The van der Waals surface area contributed by atoms with Crippen LogP contribution in [-0.4, -0.2) is 48.8 Å². The van der Waals surface area contributed by atoms with Crippen molar-refractivity contribution in [2.24, 2.45) is 0 Å². The van der Waals surface area contributed by atoms with E-state index >= 15 is 0 Å². The molecule has 0 saturated carbocycles. The van der Waals surface area contributed by atoms with E-state index in [1.165, 1.54) is 5.56 Å². The van der Waals surface area contributed by atoms with Crippen molar-refractivity contribution in [3.05, 3.63) is 36.0 Å². The summed E-state index contributed by atoms with van der Waals surface area (Å²) < 4.78 is 16.9. The lowest BCUT2D eigenvalue weighted by atomic mass is 9.84. The number of aromatic amines is 1. The minimum Gasteiger partial charge on any atom is -0.497 e. The third-order valence-electron chi connectivity index (χ3n) is 5.57. The molecule has 3 heterocycles. The third kappa shape index (κ3) is 3.77. The van der Waals surface area contributed by atoms with Crippen LogP contribution in [0.4, 0.5) is 0 Å². The van der Waals surface area contributed by atoms with Gasteiger partial charge in [-0.25, -0.2) is 0 Å². The molecule has 1 spiro atoms. The molecule has 6 nitrogen and oxygen atoms in total. The molecule has 0 bridgehead atoms. The quantitative estimate of drug-likeness (QED) is 0.861. The van der Waals surface area contributed by atoms with Gasteiger partial charge in [-0.1, -0.05) is 0 Å². The minimum absolute atomic E-state index is 0.0172. The van der Waals surface area contributed by atoms with Crippen LogP contribution in [0.1, 0.15) is 31.2 Å². The van der Waals surface area contributed by atoms with Crippen LogP contribution in [0, 0.1) is 0 Å². The number of benzene rings is 1. The first-order chi connectivity index (χ1) is 12.8. The van der Waals surface area contributed by atoms with Crippen LogP contribution in [-0.2, 0) is 16.0 Å². The monoisotopic (exact) mass is 357 g/mol. The van der Waals surface area contributed by atoms with Crippen molar-refractivity contribution in [3.8, 4) is 17.0 Å². The number of hydrogen-bond acceptors (Lipinski definition) is 5. The first kappa shape index (κ1) is 17.5. The van der Waals surface area contributed by atoms with Crippen molar-refractivity contribution in [2.75, 3.05) is 26.9 Å². The zero-order chi connectivity index (χ0) is 17.8. The van der Waals surface area contributed by atoms with Gasteiger partial charge in [0.2, 0.25) is 0 Å². The second-order valence-electron chi connectivity index (χ2n) is 7.21. The fourth-order valence-corrected chi connectivity index (χ4v) is 4.00. The molecule has 2 aliphatic heterocycles. The highest BCUT2D eigenvalue weighted by molar-refractivity contribution is 5.63. The predicted molar refractivity (Wildman–Crippen MR) is 99.2 cm³/mol.